The van der Waals surface area contributed by atoms with Gasteiger partial charge in [0.05, 0.1) is 10.6 Å². The zero-order valence-electron chi connectivity index (χ0n) is 9.35. The van der Waals surface area contributed by atoms with Gasteiger partial charge in [-0.25, -0.2) is 9.97 Å². The van der Waals surface area contributed by atoms with Gasteiger partial charge in [-0.1, -0.05) is 36.9 Å². The predicted octanol–water partition coefficient (Wildman–Crippen LogP) is 2.64. The van der Waals surface area contributed by atoms with Gasteiger partial charge in [-0.15, -0.1) is 0 Å². The number of hydrogen-bond acceptors (Lipinski definition) is 5. The molecule has 0 unspecified atom stereocenters. The van der Waals surface area contributed by atoms with Crippen LogP contribution in [0.3, 0.4) is 0 Å². The second kappa shape index (κ2) is 6.44. The van der Waals surface area contributed by atoms with Gasteiger partial charge in [-0.05, 0) is 12.3 Å². The molecule has 0 aliphatic rings. The molecule has 86 valence electrons. The Morgan fingerprint density at radius 2 is 2.19 bits per heavy atom. The number of nitrogens with one attached hydrogen (secondary N) is 1. The molecule has 2 heterocycles. The molecule has 6 heteroatoms. The van der Waals surface area contributed by atoms with Crippen LogP contribution in [0.4, 0.5) is 0 Å². The minimum Gasteiger partial charge on any atom is -0.319 e. The lowest BCUT2D eigenvalue weighted by Crippen LogP contribution is -1.88. The van der Waals surface area contributed by atoms with Crippen molar-refractivity contribution in [3.05, 3.63) is 28.1 Å². The van der Waals surface area contributed by atoms with E-state index in [-0.39, 0.29) is 4.87 Å². The number of aromatic nitrogens is 3. The first-order chi connectivity index (χ1) is 7.79. The van der Waals surface area contributed by atoms with Crippen molar-refractivity contribution in [2.75, 3.05) is 6.26 Å². The smallest absolute Gasteiger partial charge is 0.305 e. The summed E-state index contributed by atoms with van der Waals surface area (Å²) in [6.45, 7) is 4.00. The number of nitrogens with zero attached hydrogens (tertiary/aromatic N) is 2. The van der Waals surface area contributed by atoms with Crippen molar-refractivity contribution in [2.45, 2.75) is 19.0 Å². The molecule has 2 aromatic heterocycles. The fourth-order valence-corrected chi connectivity index (χ4v) is 2.00. The molecule has 2 rings (SSSR count). The van der Waals surface area contributed by atoms with E-state index in [1.54, 1.807) is 18.5 Å². The molecular weight excluding hydrogens is 242 g/mol. The van der Waals surface area contributed by atoms with E-state index in [9.17, 15) is 4.79 Å². The molecular formula is C10H13N3OS2. The summed E-state index contributed by atoms with van der Waals surface area (Å²) < 4.78 is 0. The van der Waals surface area contributed by atoms with Crippen molar-refractivity contribution in [1.82, 2.24) is 15.0 Å². The summed E-state index contributed by atoms with van der Waals surface area (Å²) in [5.41, 5.74) is 0.785. The Labute approximate surface area is 102 Å². The Hall–Kier alpha value is -1.14. The molecule has 0 radical (unpaired) electrons. The van der Waals surface area contributed by atoms with Crippen LogP contribution < -0.4 is 4.87 Å². The second-order valence-electron chi connectivity index (χ2n) is 2.47. The minimum atomic E-state index is -0.0655. The summed E-state index contributed by atoms with van der Waals surface area (Å²) in [6, 6.07) is 1.79. The highest BCUT2D eigenvalue weighted by Gasteiger charge is 2.03. The van der Waals surface area contributed by atoms with Crippen molar-refractivity contribution in [1.29, 1.82) is 0 Å². The van der Waals surface area contributed by atoms with Gasteiger partial charge in [0.25, 0.3) is 0 Å². The van der Waals surface area contributed by atoms with Crippen molar-refractivity contribution >= 4 is 23.1 Å². The van der Waals surface area contributed by atoms with Crippen LogP contribution >= 0.6 is 23.1 Å². The third-order valence-corrected chi connectivity index (χ3v) is 3.00. The van der Waals surface area contributed by atoms with Crippen LogP contribution in [-0.4, -0.2) is 21.2 Å². The van der Waals surface area contributed by atoms with Crippen molar-refractivity contribution in [3.63, 3.8) is 0 Å². The van der Waals surface area contributed by atoms with Gasteiger partial charge in [0.15, 0.2) is 5.16 Å². The van der Waals surface area contributed by atoms with Gasteiger partial charge in [0.1, 0.15) is 0 Å². The summed E-state index contributed by atoms with van der Waals surface area (Å²) in [5.74, 6) is 0. The van der Waals surface area contributed by atoms with Gasteiger partial charge in [-0.3, -0.25) is 4.79 Å². The fourth-order valence-electron chi connectivity index (χ4n) is 0.986. The molecule has 4 nitrogen and oxygen atoms in total. The third-order valence-electron chi connectivity index (χ3n) is 1.59. The average molecular weight is 255 g/mol. The molecule has 0 amide bonds. The molecule has 0 aromatic carbocycles. The van der Waals surface area contributed by atoms with Crippen LogP contribution in [0.25, 0.3) is 10.6 Å². The van der Waals surface area contributed by atoms with Crippen LogP contribution in [0.15, 0.2) is 28.4 Å². The Morgan fingerprint density at radius 3 is 2.75 bits per heavy atom. The van der Waals surface area contributed by atoms with E-state index < -0.39 is 0 Å². The average Bonchev–Trinajstić information content (AvgIpc) is 2.79. The van der Waals surface area contributed by atoms with E-state index in [1.165, 1.54) is 11.8 Å². The van der Waals surface area contributed by atoms with E-state index in [0.717, 1.165) is 21.9 Å². The summed E-state index contributed by atoms with van der Waals surface area (Å²) in [7, 11) is 0. The van der Waals surface area contributed by atoms with E-state index in [0.29, 0.717) is 5.16 Å². The van der Waals surface area contributed by atoms with Crippen LogP contribution in [0, 0.1) is 0 Å². The van der Waals surface area contributed by atoms with E-state index in [2.05, 4.69) is 15.0 Å². The molecule has 0 saturated heterocycles. The zero-order valence-corrected chi connectivity index (χ0v) is 11.0. The van der Waals surface area contributed by atoms with E-state index >= 15 is 0 Å². The number of thioether (sulfide) groups is 1. The summed E-state index contributed by atoms with van der Waals surface area (Å²) >= 11 is 2.63. The molecule has 0 bridgehead atoms. The number of hydrogen-bond donors (Lipinski definition) is 1. The Morgan fingerprint density at radius 1 is 1.44 bits per heavy atom. The van der Waals surface area contributed by atoms with Gasteiger partial charge >= 0.3 is 4.87 Å². The van der Waals surface area contributed by atoms with Crippen molar-refractivity contribution in [3.8, 4) is 10.6 Å². The van der Waals surface area contributed by atoms with Crippen molar-refractivity contribution in [2.24, 2.45) is 0 Å². The van der Waals surface area contributed by atoms with Gasteiger partial charge < -0.3 is 4.98 Å². The van der Waals surface area contributed by atoms with E-state index in [4.69, 9.17) is 0 Å². The Kier molecular flexibility index (Phi) is 5.21. The topological polar surface area (TPSA) is 58.6 Å². The lowest BCUT2D eigenvalue weighted by Gasteiger charge is -1.97. The molecule has 0 saturated carbocycles. The summed E-state index contributed by atoms with van der Waals surface area (Å²) in [4.78, 5) is 22.6. The summed E-state index contributed by atoms with van der Waals surface area (Å²) in [6.07, 6.45) is 5.27. The van der Waals surface area contributed by atoms with Gasteiger partial charge in [-0.2, -0.15) is 0 Å². The highest BCUT2D eigenvalue weighted by atomic mass is 32.2. The zero-order chi connectivity index (χ0) is 12.0. The van der Waals surface area contributed by atoms with Crippen LogP contribution in [0.1, 0.15) is 13.8 Å². The number of rotatable bonds is 2. The van der Waals surface area contributed by atoms with Crippen molar-refractivity contribution < 1.29 is 0 Å². The maximum atomic E-state index is 10.9. The highest BCUT2D eigenvalue weighted by molar-refractivity contribution is 7.98. The van der Waals surface area contributed by atoms with Gasteiger partial charge in [0, 0.05) is 12.4 Å². The monoisotopic (exact) mass is 255 g/mol. The molecule has 0 atom stereocenters. The molecule has 0 aliphatic heterocycles. The number of H-pyrrole nitrogens is 1. The molecule has 2 aromatic rings. The fraction of sp³-hybridized carbons (Fsp3) is 0.300. The normalized spacial score (nSPS) is 9.44. The van der Waals surface area contributed by atoms with E-state index in [1.807, 2.05) is 20.1 Å². The first-order valence-electron chi connectivity index (χ1n) is 4.85. The highest BCUT2D eigenvalue weighted by Crippen LogP contribution is 2.19. The van der Waals surface area contributed by atoms with Gasteiger partial charge in [0.2, 0.25) is 0 Å². The first kappa shape index (κ1) is 12.9. The number of aromatic amines is 1. The molecule has 16 heavy (non-hydrogen) atoms. The number of thiazole rings is 1. The third kappa shape index (κ3) is 3.18. The lowest BCUT2D eigenvalue weighted by atomic mass is 10.4. The standard InChI is InChI=1S/C8H7N3OS2.C2H6/c1-13-7-9-3-2-5(11-7)6-4-10-8(12)14-6;1-2/h2-4H,1H3,(H,10,12);1-2H3. The maximum absolute atomic E-state index is 10.9. The predicted molar refractivity (Wildman–Crippen MR) is 69.1 cm³/mol. The quantitative estimate of drug-likeness (QED) is 0.662. The van der Waals surface area contributed by atoms with Crippen LogP contribution in [0.2, 0.25) is 0 Å². The molecule has 0 spiro atoms. The van der Waals surface area contributed by atoms with Crippen LogP contribution in [0.5, 0.6) is 0 Å². The van der Waals surface area contributed by atoms with Crippen LogP contribution in [-0.2, 0) is 0 Å². The summed E-state index contributed by atoms with van der Waals surface area (Å²) in [5, 5.41) is 0.711. The molecule has 0 aliphatic carbocycles. The Bertz CT molecular complexity index is 493. The SMILES string of the molecule is CC.CSc1nccc(-c2c[nH]c(=O)s2)n1. The second-order valence-corrected chi connectivity index (χ2v) is 4.26. The molecule has 0 fully saturated rings. The minimum absolute atomic E-state index is 0.0655. The lowest BCUT2D eigenvalue weighted by molar-refractivity contribution is 0.978. The Balaban J connectivity index is 0.000000606. The molecule has 1 N–H and O–H groups in total. The first-order valence-corrected chi connectivity index (χ1v) is 6.89. The maximum Gasteiger partial charge on any atom is 0.305 e. The largest absolute Gasteiger partial charge is 0.319 e.